The van der Waals surface area contributed by atoms with Crippen molar-refractivity contribution in [3.8, 4) is 0 Å². The summed E-state index contributed by atoms with van der Waals surface area (Å²) >= 11 is 1.38. The van der Waals surface area contributed by atoms with Gasteiger partial charge in [-0.1, -0.05) is 86.0 Å². The lowest BCUT2D eigenvalue weighted by Crippen LogP contribution is -2.39. The first-order valence-electron chi connectivity index (χ1n) is 15.2. The van der Waals surface area contributed by atoms with Gasteiger partial charge >= 0.3 is 0 Å². The van der Waals surface area contributed by atoms with E-state index < -0.39 is 17.7 Å². The molecular formula is C33H58N4O5S. The van der Waals surface area contributed by atoms with Gasteiger partial charge in [0.1, 0.15) is 11.3 Å². The SMILES string of the molecule is C=C(C)OC(C)(C)C.C=C(NC(=O)C(=C)NC(=O)c1csc(CCC)n1)C(=O)NCCOC.CCCC(CCC)CCC. The summed E-state index contributed by atoms with van der Waals surface area (Å²) < 4.78 is 10.0. The fraction of sp³-hybridized carbons (Fsp3) is 0.636. The van der Waals surface area contributed by atoms with Crippen molar-refractivity contribution in [2.75, 3.05) is 20.3 Å². The Kier molecular flexibility index (Phi) is 24.0. The van der Waals surface area contributed by atoms with E-state index in [0.29, 0.717) is 6.61 Å². The lowest BCUT2D eigenvalue weighted by molar-refractivity contribution is -0.121. The molecule has 0 atom stereocenters. The Bertz CT molecular complexity index is 983. The molecule has 0 spiro atoms. The largest absolute Gasteiger partial charge is 0.493 e. The third-order valence-corrected chi connectivity index (χ3v) is 6.40. The van der Waals surface area contributed by atoms with E-state index in [2.05, 4.69) is 61.4 Å². The van der Waals surface area contributed by atoms with Crippen LogP contribution in [-0.2, 0) is 25.5 Å². The molecule has 1 heterocycles. The van der Waals surface area contributed by atoms with Gasteiger partial charge in [-0.25, -0.2) is 4.98 Å². The Morgan fingerprint density at radius 2 is 1.44 bits per heavy atom. The maximum Gasteiger partial charge on any atom is 0.275 e. The number of thiazole rings is 1. The van der Waals surface area contributed by atoms with Crippen LogP contribution in [0.25, 0.3) is 0 Å². The molecule has 43 heavy (non-hydrogen) atoms. The number of hydrogen-bond acceptors (Lipinski definition) is 7. The summed E-state index contributed by atoms with van der Waals surface area (Å²) in [6.45, 7) is 27.9. The number of amides is 3. The van der Waals surface area contributed by atoms with E-state index in [0.717, 1.165) is 29.5 Å². The molecule has 10 heteroatoms. The number of carbonyl (C=O) groups excluding carboxylic acids is 3. The number of hydrogen-bond donors (Lipinski definition) is 3. The molecule has 0 unspecified atom stereocenters. The average Bonchev–Trinajstić information content (AvgIpc) is 3.37. The number of nitrogens with one attached hydrogen (secondary N) is 3. The maximum absolute atomic E-state index is 12.0. The molecule has 0 saturated carbocycles. The van der Waals surface area contributed by atoms with Gasteiger partial charge in [-0.15, -0.1) is 11.3 Å². The summed E-state index contributed by atoms with van der Waals surface area (Å²) in [6, 6.07) is 0. The van der Waals surface area contributed by atoms with Gasteiger partial charge in [-0.3, -0.25) is 14.4 Å². The maximum atomic E-state index is 12.0. The van der Waals surface area contributed by atoms with E-state index in [1.807, 2.05) is 34.6 Å². The molecule has 0 aromatic carbocycles. The predicted molar refractivity (Wildman–Crippen MR) is 179 cm³/mol. The highest BCUT2D eigenvalue weighted by atomic mass is 32.1. The Balaban J connectivity index is 0. The molecule has 0 aliphatic carbocycles. The van der Waals surface area contributed by atoms with Crippen molar-refractivity contribution in [2.45, 2.75) is 112 Å². The highest BCUT2D eigenvalue weighted by Crippen LogP contribution is 2.18. The summed E-state index contributed by atoms with van der Waals surface area (Å²) in [4.78, 5) is 39.9. The van der Waals surface area contributed by atoms with Crippen molar-refractivity contribution in [1.82, 2.24) is 20.9 Å². The third-order valence-electron chi connectivity index (χ3n) is 5.49. The second-order valence-corrected chi connectivity index (χ2v) is 12.1. The van der Waals surface area contributed by atoms with Crippen LogP contribution in [-0.4, -0.2) is 48.6 Å². The zero-order valence-corrected chi connectivity index (χ0v) is 29.1. The van der Waals surface area contributed by atoms with Gasteiger partial charge in [-0.05, 0) is 46.5 Å². The van der Waals surface area contributed by atoms with Crippen LogP contribution in [0.15, 0.2) is 42.3 Å². The summed E-state index contributed by atoms with van der Waals surface area (Å²) in [5.74, 6) is -0.0103. The molecule has 0 aliphatic rings. The molecule has 0 aliphatic heterocycles. The van der Waals surface area contributed by atoms with Gasteiger partial charge < -0.3 is 25.4 Å². The van der Waals surface area contributed by atoms with Gasteiger partial charge in [-0.2, -0.15) is 0 Å². The van der Waals surface area contributed by atoms with Crippen LogP contribution in [0.4, 0.5) is 0 Å². The van der Waals surface area contributed by atoms with Crippen LogP contribution >= 0.6 is 11.3 Å². The summed E-state index contributed by atoms with van der Waals surface area (Å²) in [7, 11) is 1.50. The zero-order chi connectivity index (χ0) is 33.4. The second kappa shape index (κ2) is 24.5. The Morgan fingerprint density at radius 1 is 0.907 bits per heavy atom. The van der Waals surface area contributed by atoms with Gasteiger partial charge in [0.2, 0.25) is 0 Å². The third kappa shape index (κ3) is 23.2. The van der Waals surface area contributed by atoms with Gasteiger partial charge in [0.15, 0.2) is 0 Å². The standard InChI is InChI=1S/C16H22N4O4S.C10H22.C7H14O/c1-5-6-13-20-12(9-25-13)16(23)19-11(3)15(22)18-10(2)14(21)17-7-8-24-4;1-4-7-10(8-5-2)9-6-3;1-6(2)8-7(3,4)5/h9H,2-3,5-8H2,1,4H3,(H,17,21)(H,18,22)(H,19,23);10H,4-9H2,1-3H3;1H2,2-5H3. The first-order chi connectivity index (χ1) is 20.1. The predicted octanol–water partition coefficient (Wildman–Crippen LogP) is 7.07. The van der Waals surface area contributed by atoms with Gasteiger partial charge in [0.25, 0.3) is 17.7 Å². The molecule has 3 N–H and O–H groups in total. The molecule has 0 bridgehead atoms. The minimum Gasteiger partial charge on any atom is -0.493 e. The van der Waals surface area contributed by atoms with Crippen molar-refractivity contribution >= 4 is 29.1 Å². The number of carbonyl (C=O) groups is 3. The molecule has 246 valence electrons. The van der Waals surface area contributed by atoms with E-state index in [-0.39, 0.29) is 29.2 Å². The van der Waals surface area contributed by atoms with E-state index in [4.69, 9.17) is 9.47 Å². The minimum atomic E-state index is -0.732. The Labute approximate surface area is 265 Å². The summed E-state index contributed by atoms with van der Waals surface area (Å²) in [6.07, 6.45) is 10.2. The molecule has 0 fully saturated rings. The normalized spacial score (nSPS) is 10.4. The number of methoxy groups -OCH3 is 1. The molecule has 1 rings (SSSR count). The molecule has 1 aromatic rings. The fourth-order valence-corrected chi connectivity index (χ4v) is 4.71. The van der Waals surface area contributed by atoms with Crippen molar-refractivity contribution in [3.63, 3.8) is 0 Å². The van der Waals surface area contributed by atoms with Gasteiger partial charge in [0, 0.05) is 19.0 Å². The Hall–Kier alpha value is -2.98. The highest BCUT2D eigenvalue weighted by Gasteiger charge is 2.17. The van der Waals surface area contributed by atoms with Gasteiger partial charge in [0.05, 0.1) is 28.8 Å². The number of aromatic nitrogens is 1. The number of aryl methyl sites for hydroxylation is 1. The monoisotopic (exact) mass is 622 g/mol. The topological polar surface area (TPSA) is 119 Å². The highest BCUT2D eigenvalue weighted by molar-refractivity contribution is 7.09. The lowest BCUT2D eigenvalue weighted by atomic mass is 9.94. The van der Waals surface area contributed by atoms with Crippen molar-refractivity contribution in [2.24, 2.45) is 5.92 Å². The summed E-state index contributed by atoms with van der Waals surface area (Å²) in [5, 5.41) is 9.60. The van der Waals surface area contributed by atoms with Crippen LogP contribution in [0.3, 0.4) is 0 Å². The van der Waals surface area contributed by atoms with E-state index >= 15 is 0 Å². The van der Waals surface area contributed by atoms with Crippen molar-refractivity contribution < 1.29 is 23.9 Å². The van der Waals surface area contributed by atoms with Crippen LogP contribution in [0.1, 0.15) is 116 Å². The fourth-order valence-electron chi connectivity index (χ4n) is 3.82. The molecule has 1 aromatic heterocycles. The van der Waals surface area contributed by atoms with E-state index in [1.54, 1.807) is 5.38 Å². The second-order valence-electron chi connectivity index (χ2n) is 11.1. The first-order valence-corrected chi connectivity index (χ1v) is 16.1. The smallest absolute Gasteiger partial charge is 0.275 e. The number of nitrogens with zero attached hydrogens (tertiary/aromatic N) is 1. The first kappa shape index (κ1) is 42.2. The summed E-state index contributed by atoms with van der Waals surface area (Å²) in [5.41, 5.74) is -0.221. The lowest BCUT2D eigenvalue weighted by Gasteiger charge is -2.20. The Morgan fingerprint density at radius 3 is 1.86 bits per heavy atom. The molecule has 0 saturated heterocycles. The van der Waals surface area contributed by atoms with Crippen LogP contribution in [0, 0.1) is 5.92 Å². The van der Waals surface area contributed by atoms with Crippen molar-refractivity contribution in [1.29, 1.82) is 0 Å². The van der Waals surface area contributed by atoms with Crippen LogP contribution in [0.2, 0.25) is 0 Å². The van der Waals surface area contributed by atoms with Crippen molar-refractivity contribution in [3.05, 3.63) is 53.0 Å². The molecule has 3 amide bonds. The number of allylic oxidation sites excluding steroid dienone is 1. The zero-order valence-electron chi connectivity index (χ0n) is 28.2. The van der Waals surface area contributed by atoms with Crippen LogP contribution in [0.5, 0.6) is 0 Å². The molecule has 9 nitrogen and oxygen atoms in total. The number of rotatable bonds is 17. The molecular weight excluding hydrogens is 564 g/mol. The minimum absolute atomic E-state index is 0.0775. The quantitative estimate of drug-likeness (QED) is 0.0972. The van der Waals surface area contributed by atoms with E-state index in [1.165, 1.54) is 57.0 Å². The molecule has 0 radical (unpaired) electrons. The average molecular weight is 623 g/mol. The number of ether oxygens (including phenoxy) is 2. The van der Waals surface area contributed by atoms with Crippen LogP contribution < -0.4 is 16.0 Å². The van der Waals surface area contributed by atoms with E-state index in [9.17, 15) is 14.4 Å².